The molecule has 1 unspecified atom stereocenters. The van der Waals surface area contributed by atoms with Gasteiger partial charge in [0.1, 0.15) is 5.78 Å². The highest BCUT2D eigenvalue weighted by Crippen LogP contribution is 2.07. The number of aliphatic hydroxyl groups excluding tert-OH is 1. The third-order valence-electron chi connectivity index (χ3n) is 3.05. The molecule has 120 valence electrons. The van der Waals surface area contributed by atoms with E-state index in [1.54, 1.807) is 6.08 Å². The predicted octanol–water partition coefficient (Wildman–Crippen LogP) is 4.99. The van der Waals surface area contributed by atoms with Crippen molar-refractivity contribution in [1.29, 1.82) is 0 Å². The van der Waals surface area contributed by atoms with Gasteiger partial charge >= 0.3 is 0 Å². The van der Waals surface area contributed by atoms with Crippen molar-refractivity contribution in [2.75, 3.05) is 0 Å². The van der Waals surface area contributed by atoms with Gasteiger partial charge in [-0.15, -0.1) is 0 Å². The van der Waals surface area contributed by atoms with Gasteiger partial charge in [-0.25, -0.2) is 0 Å². The largest absolute Gasteiger partial charge is 0.389 e. The maximum Gasteiger partial charge on any atom is 0.135 e. The average molecular weight is 292 g/mol. The standard InChI is InChI=1S/C19H32O2/c1-5-6-8-12-18(20)15-19(21)13-10-7-9-11-17(4)14-16(2)3/h8-9,11-12,14,16,18,20H,5-7,10,13,15H2,1-4H3. The summed E-state index contributed by atoms with van der Waals surface area (Å²) in [7, 11) is 0. The Morgan fingerprint density at radius 3 is 2.52 bits per heavy atom. The van der Waals surface area contributed by atoms with Gasteiger partial charge in [0.15, 0.2) is 0 Å². The van der Waals surface area contributed by atoms with Crippen LogP contribution in [0.15, 0.2) is 36.0 Å². The van der Waals surface area contributed by atoms with Crippen molar-refractivity contribution in [3.05, 3.63) is 36.0 Å². The maximum absolute atomic E-state index is 11.7. The molecule has 0 saturated heterocycles. The summed E-state index contributed by atoms with van der Waals surface area (Å²) in [5.41, 5.74) is 1.27. The van der Waals surface area contributed by atoms with Crippen LogP contribution < -0.4 is 0 Å². The van der Waals surface area contributed by atoms with Gasteiger partial charge in [0.05, 0.1) is 6.10 Å². The van der Waals surface area contributed by atoms with Gasteiger partial charge in [-0.1, -0.05) is 63.1 Å². The summed E-state index contributed by atoms with van der Waals surface area (Å²) < 4.78 is 0. The van der Waals surface area contributed by atoms with Gasteiger partial charge in [0, 0.05) is 12.8 Å². The number of unbranched alkanes of at least 4 members (excludes halogenated alkanes) is 2. The Bertz CT molecular complexity index is 362. The smallest absolute Gasteiger partial charge is 0.135 e. The van der Waals surface area contributed by atoms with Crippen molar-refractivity contribution in [2.45, 2.75) is 72.3 Å². The molecule has 1 N–H and O–H groups in total. The average Bonchev–Trinajstić information content (AvgIpc) is 2.37. The third kappa shape index (κ3) is 13.6. The lowest BCUT2D eigenvalue weighted by Crippen LogP contribution is -2.10. The van der Waals surface area contributed by atoms with Crippen LogP contribution in [0.2, 0.25) is 0 Å². The van der Waals surface area contributed by atoms with Crippen LogP contribution >= 0.6 is 0 Å². The molecule has 0 amide bonds. The van der Waals surface area contributed by atoms with Crippen molar-refractivity contribution in [3.8, 4) is 0 Å². The van der Waals surface area contributed by atoms with Gasteiger partial charge in [-0.05, 0) is 32.1 Å². The third-order valence-corrected chi connectivity index (χ3v) is 3.05. The fourth-order valence-corrected chi connectivity index (χ4v) is 2.09. The minimum atomic E-state index is -0.615. The number of hydrogen-bond donors (Lipinski definition) is 1. The second-order valence-electron chi connectivity index (χ2n) is 5.98. The number of carbonyl (C=O) groups is 1. The highest BCUT2D eigenvalue weighted by molar-refractivity contribution is 5.79. The van der Waals surface area contributed by atoms with E-state index in [0.29, 0.717) is 12.3 Å². The number of allylic oxidation sites excluding steroid dienone is 5. The first-order chi connectivity index (χ1) is 9.95. The van der Waals surface area contributed by atoms with Crippen LogP contribution in [-0.2, 0) is 4.79 Å². The highest BCUT2D eigenvalue weighted by atomic mass is 16.3. The first kappa shape index (κ1) is 19.9. The van der Waals surface area contributed by atoms with Crippen molar-refractivity contribution in [2.24, 2.45) is 5.92 Å². The van der Waals surface area contributed by atoms with Crippen LogP contribution in [0.3, 0.4) is 0 Å². The molecule has 2 heteroatoms. The molecule has 21 heavy (non-hydrogen) atoms. The molecule has 0 spiro atoms. The Morgan fingerprint density at radius 2 is 1.90 bits per heavy atom. The van der Waals surface area contributed by atoms with Gasteiger partial charge < -0.3 is 5.11 Å². The fourth-order valence-electron chi connectivity index (χ4n) is 2.09. The molecule has 0 bridgehead atoms. The highest BCUT2D eigenvalue weighted by Gasteiger charge is 2.06. The Morgan fingerprint density at radius 1 is 1.19 bits per heavy atom. The second-order valence-corrected chi connectivity index (χ2v) is 5.98. The minimum absolute atomic E-state index is 0.145. The number of carbonyl (C=O) groups excluding carboxylic acids is 1. The molecule has 0 rings (SSSR count). The van der Waals surface area contributed by atoms with E-state index in [-0.39, 0.29) is 12.2 Å². The fraction of sp³-hybridized carbons (Fsp3) is 0.632. The molecule has 0 aliphatic carbocycles. The molecule has 0 aliphatic heterocycles. The summed E-state index contributed by atoms with van der Waals surface area (Å²) in [6, 6.07) is 0. The molecule has 0 aromatic heterocycles. The van der Waals surface area contributed by atoms with E-state index in [1.165, 1.54) is 5.57 Å². The molecule has 0 aromatic carbocycles. The van der Waals surface area contributed by atoms with Crippen LogP contribution in [0.1, 0.15) is 66.2 Å². The number of aliphatic hydroxyl groups is 1. The molecule has 0 saturated carbocycles. The molecule has 1 atom stereocenters. The minimum Gasteiger partial charge on any atom is -0.389 e. The van der Waals surface area contributed by atoms with E-state index in [4.69, 9.17) is 0 Å². The molecule has 2 nitrogen and oxygen atoms in total. The van der Waals surface area contributed by atoms with E-state index in [2.05, 4.69) is 45.9 Å². The summed E-state index contributed by atoms with van der Waals surface area (Å²) in [4.78, 5) is 11.7. The lowest BCUT2D eigenvalue weighted by atomic mass is 10.1. The van der Waals surface area contributed by atoms with Crippen LogP contribution in [0.5, 0.6) is 0 Å². The first-order valence-corrected chi connectivity index (χ1v) is 8.17. The SMILES string of the molecule is CCCC=CC(O)CC(=O)CCCC=CC(C)=CC(C)C. The maximum atomic E-state index is 11.7. The molecule has 0 heterocycles. The van der Waals surface area contributed by atoms with E-state index in [0.717, 1.165) is 25.7 Å². The lowest BCUT2D eigenvalue weighted by molar-refractivity contribution is -0.120. The summed E-state index contributed by atoms with van der Waals surface area (Å²) in [6.07, 6.45) is 14.1. The normalized spacial score (nSPS) is 14.5. The molecular formula is C19H32O2. The zero-order valence-electron chi connectivity index (χ0n) is 14.1. The molecule has 0 aliphatic rings. The zero-order valence-corrected chi connectivity index (χ0v) is 14.1. The first-order valence-electron chi connectivity index (χ1n) is 8.17. The van der Waals surface area contributed by atoms with E-state index >= 15 is 0 Å². The van der Waals surface area contributed by atoms with E-state index < -0.39 is 6.10 Å². The number of ketones is 1. The van der Waals surface area contributed by atoms with E-state index in [9.17, 15) is 9.90 Å². The number of Topliss-reactive ketones (excluding diaryl/α,β-unsaturated/α-hetero) is 1. The monoisotopic (exact) mass is 292 g/mol. The molecule has 0 radical (unpaired) electrons. The van der Waals surface area contributed by atoms with Crippen molar-refractivity contribution >= 4 is 5.78 Å². The quantitative estimate of drug-likeness (QED) is 0.331. The van der Waals surface area contributed by atoms with Crippen LogP contribution in [0.25, 0.3) is 0 Å². The van der Waals surface area contributed by atoms with Crippen LogP contribution in [-0.4, -0.2) is 17.0 Å². The Kier molecular flexibility index (Phi) is 11.9. The summed E-state index contributed by atoms with van der Waals surface area (Å²) >= 11 is 0. The predicted molar refractivity (Wildman–Crippen MR) is 91.3 cm³/mol. The lowest BCUT2D eigenvalue weighted by Gasteiger charge is -2.04. The Balaban J connectivity index is 3.82. The van der Waals surface area contributed by atoms with Gasteiger partial charge in [-0.3, -0.25) is 4.79 Å². The number of rotatable bonds is 11. The van der Waals surface area contributed by atoms with Crippen molar-refractivity contribution in [3.63, 3.8) is 0 Å². The van der Waals surface area contributed by atoms with Gasteiger partial charge in [-0.2, -0.15) is 0 Å². The zero-order chi connectivity index (χ0) is 16.1. The second kappa shape index (κ2) is 12.6. The van der Waals surface area contributed by atoms with Crippen molar-refractivity contribution in [1.82, 2.24) is 0 Å². The summed E-state index contributed by atoms with van der Waals surface area (Å²) in [6.45, 7) is 8.51. The Hall–Kier alpha value is -1.15. The molecule has 0 aromatic rings. The molecule has 0 fully saturated rings. The van der Waals surface area contributed by atoms with Crippen molar-refractivity contribution < 1.29 is 9.90 Å². The van der Waals surface area contributed by atoms with Gasteiger partial charge in [0.25, 0.3) is 0 Å². The van der Waals surface area contributed by atoms with E-state index in [1.807, 2.05) is 6.08 Å². The topological polar surface area (TPSA) is 37.3 Å². The summed E-state index contributed by atoms with van der Waals surface area (Å²) in [5.74, 6) is 0.713. The number of hydrogen-bond acceptors (Lipinski definition) is 2. The van der Waals surface area contributed by atoms with Crippen LogP contribution in [0, 0.1) is 5.92 Å². The van der Waals surface area contributed by atoms with Gasteiger partial charge in [0.2, 0.25) is 0 Å². The van der Waals surface area contributed by atoms with Crippen LogP contribution in [0.4, 0.5) is 0 Å². The molecular weight excluding hydrogens is 260 g/mol. The summed E-state index contributed by atoms with van der Waals surface area (Å²) in [5, 5.41) is 9.68. The Labute approximate surface area is 130 Å².